The van der Waals surface area contributed by atoms with E-state index in [1.54, 1.807) is 42.9 Å². The van der Waals surface area contributed by atoms with Crippen LogP contribution in [0.3, 0.4) is 0 Å². The molecule has 16 heavy (non-hydrogen) atoms. The summed E-state index contributed by atoms with van der Waals surface area (Å²) in [5.41, 5.74) is 6.61. The lowest BCUT2D eigenvalue weighted by atomic mass is 10.2. The SMILES string of the molecule is NCc1ccoc1.O=C(O)c1ccccc1. The second kappa shape index (κ2) is 6.42. The Hall–Kier alpha value is -2.07. The number of aromatic carboxylic acids is 1. The van der Waals surface area contributed by atoms with E-state index in [1.165, 1.54) is 0 Å². The van der Waals surface area contributed by atoms with Crippen molar-refractivity contribution in [1.29, 1.82) is 0 Å². The van der Waals surface area contributed by atoms with E-state index in [0.29, 0.717) is 12.1 Å². The van der Waals surface area contributed by atoms with Crippen LogP contribution < -0.4 is 5.73 Å². The number of hydrogen-bond acceptors (Lipinski definition) is 3. The largest absolute Gasteiger partial charge is 0.478 e. The average molecular weight is 219 g/mol. The molecule has 1 heterocycles. The van der Waals surface area contributed by atoms with Gasteiger partial charge in [0.15, 0.2) is 0 Å². The van der Waals surface area contributed by atoms with Crippen LogP contribution in [0, 0.1) is 0 Å². The van der Waals surface area contributed by atoms with E-state index in [9.17, 15) is 4.79 Å². The zero-order chi connectivity index (χ0) is 11.8. The number of hydrogen-bond donors (Lipinski definition) is 2. The summed E-state index contributed by atoms with van der Waals surface area (Å²) in [7, 11) is 0. The molecule has 0 aliphatic carbocycles. The monoisotopic (exact) mass is 219 g/mol. The van der Waals surface area contributed by atoms with Gasteiger partial charge in [-0.1, -0.05) is 18.2 Å². The zero-order valence-electron chi connectivity index (χ0n) is 8.67. The predicted octanol–water partition coefficient (Wildman–Crippen LogP) is 2.12. The Kier molecular flexibility index (Phi) is 4.82. The van der Waals surface area contributed by atoms with Crippen molar-refractivity contribution in [2.24, 2.45) is 5.73 Å². The van der Waals surface area contributed by atoms with Gasteiger partial charge in [-0.25, -0.2) is 4.79 Å². The van der Waals surface area contributed by atoms with Crippen molar-refractivity contribution in [2.75, 3.05) is 0 Å². The molecule has 3 N–H and O–H groups in total. The van der Waals surface area contributed by atoms with Gasteiger partial charge >= 0.3 is 5.97 Å². The molecule has 0 aliphatic rings. The number of carboxylic acid groups (broad SMARTS) is 1. The van der Waals surface area contributed by atoms with Gasteiger partial charge in [-0.2, -0.15) is 0 Å². The van der Waals surface area contributed by atoms with Gasteiger partial charge in [-0.05, 0) is 18.2 Å². The summed E-state index contributed by atoms with van der Waals surface area (Å²) >= 11 is 0. The van der Waals surface area contributed by atoms with Crippen molar-refractivity contribution in [3.63, 3.8) is 0 Å². The summed E-state index contributed by atoms with van der Waals surface area (Å²) < 4.78 is 4.73. The quantitative estimate of drug-likeness (QED) is 0.811. The molecule has 1 aromatic heterocycles. The van der Waals surface area contributed by atoms with Crippen LogP contribution in [0.1, 0.15) is 15.9 Å². The lowest BCUT2D eigenvalue weighted by Gasteiger charge is -1.88. The first-order valence-electron chi connectivity index (χ1n) is 4.73. The zero-order valence-corrected chi connectivity index (χ0v) is 8.67. The van der Waals surface area contributed by atoms with Gasteiger partial charge in [0.1, 0.15) is 0 Å². The maximum Gasteiger partial charge on any atom is 0.335 e. The minimum Gasteiger partial charge on any atom is -0.478 e. The van der Waals surface area contributed by atoms with E-state index < -0.39 is 5.97 Å². The lowest BCUT2D eigenvalue weighted by molar-refractivity contribution is 0.0697. The number of nitrogens with two attached hydrogens (primary N) is 1. The molecule has 0 atom stereocenters. The van der Waals surface area contributed by atoms with Gasteiger partial charge in [-0.3, -0.25) is 0 Å². The fourth-order valence-corrected chi connectivity index (χ4v) is 0.990. The Balaban J connectivity index is 0.000000165. The van der Waals surface area contributed by atoms with Gasteiger partial charge in [0.2, 0.25) is 0 Å². The van der Waals surface area contributed by atoms with Crippen LogP contribution in [0.5, 0.6) is 0 Å². The highest BCUT2D eigenvalue weighted by Crippen LogP contribution is 1.96. The number of carboxylic acids is 1. The molecule has 84 valence electrons. The first-order valence-corrected chi connectivity index (χ1v) is 4.73. The molecule has 0 saturated heterocycles. The highest BCUT2D eigenvalue weighted by atomic mass is 16.4. The standard InChI is InChI=1S/C7H6O2.C5H7NO/c8-7(9)6-4-2-1-3-5-6;6-3-5-1-2-7-4-5/h1-5H,(H,8,9);1-2,4H,3,6H2. The Morgan fingerprint density at radius 1 is 1.25 bits per heavy atom. The molecule has 0 radical (unpaired) electrons. The van der Waals surface area contributed by atoms with Gasteiger partial charge < -0.3 is 15.3 Å². The summed E-state index contributed by atoms with van der Waals surface area (Å²) in [6, 6.07) is 10.1. The second-order valence-corrected chi connectivity index (χ2v) is 3.01. The highest BCUT2D eigenvalue weighted by Gasteiger charge is 1.96. The van der Waals surface area contributed by atoms with Crippen LogP contribution in [0.25, 0.3) is 0 Å². The molecule has 2 rings (SSSR count). The second-order valence-electron chi connectivity index (χ2n) is 3.01. The summed E-state index contributed by atoms with van der Waals surface area (Å²) in [5.74, 6) is -0.879. The first-order chi connectivity index (χ1) is 7.74. The molecule has 0 aliphatic heterocycles. The highest BCUT2D eigenvalue weighted by molar-refractivity contribution is 5.87. The number of rotatable bonds is 2. The average Bonchev–Trinajstić information content (AvgIpc) is 2.84. The Morgan fingerprint density at radius 3 is 2.25 bits per heavy atom. The third-order valence-electron chi connectivity index (χ3n) is 1.84. The van der Waals surface area contributed by atoms with Crippen molar-refractivity contribution < 1.29 is 14.3 Å². The van der Waals surface area contributed by atoms with Crippen LogP contribution in [-0.4, -0.2) is 11.1 Å². The topological polar surface area (TPSA) is 76.5 Å². The minimum atomic E-state index is -0.879. The van der Waals surface area contributed by atoms with Gasteiger partial charge in [-0.15, -0.1) is 0 Å². The summed E-state index contributed by atoms with van der Waals surface area (Å²) in [4.78, 5) is 10.2. The van der Waals surface area contributed by atoms with E-state index in [-0.39, 0.29) is 0 Å². The Morgan fingerprint density at radius 2 is 1.94 bits per heavy atom. The minimum absolute atomic E-state index is 0.331. The Bertz CT molecular complexity index is 409. The van der Waals surface area contributed by atoms with Crippen molar-refractivity contribution in [3.8, 4) is 0 Å². The Labute approximate surface area is 93.3 Å². The van der Waals surface area contributed by atoms with Crippen LogP contribution in [0.2, 0.25) is 0 Å². The van der Waals surface area contributed by atoms with E-state index in [4.69, 9.17) is 15.3 Å². The van der Waals surface area contributed by atoms with E-state index >= 15 is 0 Å². The molecule has 0 unspecified atom stereocenters. The smallest absolute Gasteiger partial charge is 0.335 e. The van der Waals surface area contributed by atoms with E-state index in [1.807, 2.05) is 6.07 Å². The molecule has 4 heteroatoms. The van der Waals surface area contributed by atoms with Crippen molar-refractivity contribution >= 4 is 5.97 Å². The molecule has 0 saturated carbocycles. The van der Waals surface area contributed by atoms with Crippen molar-refractivity contribution in [2.45, 2.75) is 6.54 Å². The fourth-order valence-electron chi connectivity index (χ4n) is 0.990. The van der Waals surface area contributed by atoms with Crippen LogP contribution in [0.15, 0.2) is 53.3 Å². The van der Waals surface area contributed by atoms with Crippen LogP contribution in [0.4, 0.5) is 0 Å². The lowest BCUT2D eigenvalue weighted by Crippen LogP contribution is -1.93. The molecular formula is C12H13NO3. The molecule has 0 bridgehead atoms. The maximum atomic E-state index is 10.2. The fraction of sp³-hybridized carbons (Fsp3) is 0.0833. The van der Waals surface area contributed by atoms with Crippen molar-refractivity contribution in [3.05, 3.63) is 60.1 Å². The molecular weight excluding hydrogens is 206 g/mol. The van der Waals surface area contributed by atoms with E-state index in [0.717, 1.165) is 5.56 Å². The predicted molar refractivity (Wildman–Crippen MR) is 60.0 cm³/mol. The molecule has 0 amide bonds. The maximum absolute atomic E-state index is 10.2. The molecule has 4 nitrogen and oxygen atoms in total. The number of furan rings is 1. The first kappa shape index (κ1) is 12.0. The van der Waals surface area contributed by atoms with Crippen LogP contribution >= 0.6 is 0 Å². The number of benzene rings is 1. The summed E-state index contributed by atoms with van der Waals surface area (Å²) in [6.45, 7) is 0.566. The van der Waals surface area contributed by atoms with Crippen LogP contribution in [-0.2, 0) is 6.54 Å². The normalized spacial score (nSPS) is 9.06. The third kappa shape index (κ3) is 3.98. The van der Waals surface area contributed by atoms with E-state index in [2.05, 4.69) is 0 Å². The number of carbonyl (C=O) groups is 1. The van der Waals surface area contributed by atoms with Gasteiger partial charge in [0, 0.05) is 12.1 Å². The molecule has 0 spiro atoms. The molecule has 1 aromatic carbocycles. The molecule has 0 fully saturated rings. The summed E-state index contributed by atoms with van der Waals surface area (Å²) in [5, 5.41) is 8.38. The summed E-state index contributed by atoms with van der Waals surface area (Å²) in [6.07, 6.45) is 3.25. The molecule has 2 aromatic rings. The van der Waals surface area contributed by atoms with Gasteiger partial charge in [0.05, 0.1) is 18.1 Å². The van der Waals surface area contributed by atoms with Crippen molar-refractivity contribution in [1.82, 2.24) is 0 Å². The van der Waals surface area contributed by atoms with Gasteiger partial charge in [0.25, 0.3) is 0 Å². The third-order valence-corrected chi connectivity index (χ3v) is 1.84.